The minimum absolute atomic E-state index is 0.0507. The second kappa shape index (κ2) is 7.81. The second-order valence-electron chi connectivity index (χ2n) is 7.67. The molecular weight excluding hydrogens is 390 g/mol. The van der Waals surface area contributed by atoms with Gasteiger partial charge in [0.05, 0.1) is 22.9 Å². The van der Waals surface area contributed by atoms with Crippen LogP contribution >= 0.6 is 0 Å². The molecule has 1 amide bonds. The Morgan fingerprint density at radius 3 is 2.58 bits per heavy atom. The van der Waals surface area contributed by atoms with Crippen LogP contribution in [0.1, 0.15) is 15.9 Å². The first-order valence-electron chi connectivity index (χ1n) is 10.3. The quantitative estimate of drug-likeness (QED) is 0.476. The van der Waals surface area contributed by atoms with Crippen molar-refractivity contribution in [2.24, 2.45) is 0 Å². The lowest BCUT2D eigenvalue weighted by Crippen LogP contribution is -2.46. The van der Waals surface area contributed by atoms with Crippen molar-refractivity contribution in [2.45, 2.75) is 6.92 Å². The van der Waals surface area contributed by atoms with Gasteiger partial charge in [-0.2, -0.15) is 0 Å². The predicted molar refractivity (Wildman–Crippen MR) is 120 cm³/mol. The van der Waals surface area contributed by atoms with Gasteiger partial charge in [0.15, 0.2) is 11.6 Å². The molecule has 1 aliphatic heterocycles. The summed E-state index contributed by atoms with van der Waals surface area (Å²) in [6.45, 7) is 5.13. The zero-order valence-electron chi connectivity index (χ0n) is 17.2. The molecule has 2 aromatic heterocycles. The largest absolute Gasteiger partial charge is 0.382 e. The van der Waals surface area contributed by atoms with Gasteiger partial charge in [-0.25, -0.2) is 15.0 Å². The third-order valence-electron chi connectivity index (χ3n) is 5.57. The summed E-state index contributed by atoms with van der Waals surface area (Å²) in [5, 5.41) is 3.26. The van der Waals surface area contributed by atoms with Gasteiger partial charge in [0.2, 0.25) is 0 Å². The smallest absolute Gasteiger partial charge is 0.253 e. The minimum atomic E-state index is 0.0507. The molecular formula is C23H23N7O. The summed E-state index contributed by atoms with van der Waals surface area (Å²) in [6.07, 6.45) is 1.64. The fourth-order valence-corrected chi connectivity index (χ4v) is 3.83. The number of rotatable bonds is 3. The van der Waals surface area contributed by atoms with Crippen molar-refractivity contribution in [1.29, 1.82) is 0 Å². The normalized spacial score (nSPS) is 14.2. The maximum Gasteiger partial charge on any atom is 0.253 e. The maximum atomic E-state index is 12.7. The molecule has 4 aromatic rings. The topological polar surface area (TPSA) is 113 Å². The molecule has 0 unspecified atom stereocenters. The summed E-state index contributed by atoms with van der Waals surface area (Å²) in [4.78, 5) is 31.6. The number of carbonyl (C=O) groups is 1. The number of nitrogens with one attached hydrogen (secondary N) is 2. The number of benzene rings is 2. The van der Waals surface area contributed by atoms with Crippen LogP contribution in [-0.2, 0) is 0 Å². The second-order valence-corrected chi connectivity index (χ2v) is 7.67. The molecule has 1 fully saturated rings. The maximum absolute atomic E-state index is 12.7. The van der Waals surface area contributed by atoms with Crippen molar-refractivity contribution in [3.63, 3.8) is 0 Å². The molecule has 0 spiro atoms. The molecule has 8 nitrogen and oxygen atoms in total. The van der Waals surface area contributed by atoms with E-state index in [0.717, 1.165) is 48.3 Å². The van der Waals surface area contributed by atoms with E-state index in [1.54, 1.807) is 6.20 Å². The zero-order chi connectivity index (χ0) is 21.4. The molecule has 4 N–H and O–H groups in total. The van der Waals surface area contributed by atoms with E-state index in [0.29, 0.717) is 28.6 Å². The van der Waals surface area contributed by atoms with Crippen LogP contribution in [0.25, 0.3) is 33.8 Å². The Balaban J connectivity index is 1.45. The van der Waals surface area contributed by atoms with E-state index in [1.807, 2.05) is 54.3 Å². The molecule has 156 valence electrons. The summed E-state index contributed by atoms with van der Waals surface area (Å²) in [5.41, 5.74) is 11.7. The van der Waals surface area contributed by atoms with Crippen molar-refractivity contribution in [1.82, 2.24) is 30.2 Å². The summed E-state index contributed by atoms with van der Waals surface area (Å²) in [5.74, 6) is 0.947. The van der Waals surface area contributed by atoms with E-state index < -0.39 is 0 Å². The Morgan fingerprint density at radius 2 is 1.84 bits per heavy atom. The van der Waals surface area contributed by atoms with Crippen molar-refractivity contribution in [3.8, 4) is 22.8 Å². The summed E-state index contributed by atoms with van der Waals surface area (Å²) in [7, 11) is 0. The Labute approximate surface area is 179 Å². The molecule has 0 saturated carbocycles. The molecule has 0 atom stereocenters. The third-order valence-corrected chi connectivity index (χ3v) is 5.57. The Bertz CT molecular complexity index is 1260. The van der Waals surface area contributed by atoms with Gasteiger partial charge in [0.25, 0.3) is 5.91 Å². The molecule has 2 aromatic carbocycles. The minimum Gasteiger partial charge on any atom is -0.382 e. The van der Waals surface area contributed by atoms with Crippen LogP contribution in [0, 0.1) is 6.92 Å². The lowest BCUT2D eigenvalue weighted by atomic mass is 10.1. The first-order chi connectivity index (χ1) is 15.1. The van der Waals surface area contributed by atoms with E-state index in [9.17, 15) is 4.79 Å². The number of hydrogen-bond donors (Lipinski definition) is 3. The van der Waals surface area contributed by atoms with Crippen molar-refractivity contribution >= 4 is 22.8 Å². The van der Waals surface area contributed by atoms with Gasteiger partial charge in [0, 0.05) is 37.3 Å². The lowest BCUT2D eigenvalue weighted by molar-refractivity contribution is 0.0736. The molecule has 0 radical (unpaired) electrons. The number of anilines is 1. The summed E-state index contributed by atoms with van der Waals surface area (Å²) < 4.78 is 0. The van der Waals surface area contributed by atoms with Crippen molar-refractivity contribution < 1.29 is 4.79 Å². The van der Waals surface area contributed by atoms with Gasteiger partial charge in [0.1, 0.15) is 5.69 Å². The number of fused-ring (bicyclic) bond motifs is 1. The average molecular weight is 413 g/mol. The number of hydrogen-bond acceptors (Lipinski definition) is 6. The molecule has 0 bridgehead atoms. The van der Waals surface area contributed by atoms with Gasteiger partial charge in [-0.15, -0.1) is 0 Å². The van der Waals surface area contributed by atoms with E-state index >= 15 is 0 Å². The predicted octanol–water partition coefficient (Wildman–Crippen LogP) is 2.62. The number of carbonyl (C=O) groups excluding carboxylic acids is 1. The number of aromatic nitrogens is 4. The molecule has 3 heterocycles. The molecule has 8 heteroatoms. The molecule has 5 rings (SSSR count). The number of para-hydroxylation sites is 1. The highest BCUT2D eigenvalue weighted by Gasteiger charge is 2.18. The highest BCUT2D eigenvalue weighted by molar-refractivity contribution is 5.94. The highest BCUT2D eigenvalue weighted by Crippen LogP contribution is 2.27. The fraction of sp³-hybridized carbons (Fsp3) is 0.217. The monoisotopic (exact) mass is 413 g/mol. The van der Waals surface area contributed by atoms with Crippen molar-refractivity contribution in [2.75, 3.05) is 31.9 Å². The van der Waals surface area contributed by atoms with Gasteiger partial charge in [-0.1, -0.05) is 24.3 Å². The number of nitrogens with zero attached hydrogens (tertiary/aromatic N) is 4. The van der Waals surface area contributed by atoms with Crippen LogP contribution in [0.3, 0.4) is 0 Å². The number of aromatic amines is 1. The molecule has 31 heavy (non-hydrogen) atoms. The van der Waals surface area contributed by atoms with Crippen LogP contribution in [0.4, 0.5) is 5.82 Å². The first kappa shape index (κ1) is 19.2. The number of nitrogens with two attached hydrogens (primary N) is 1. The number of imidazole rings is 1. The van der Waals surface area contributed by atoms with E-state index in [2.05, 4.69) is 20.3 Å². The van der Waals surface area contributed by atoms with Crippen LogP contribution in [0.5, 0.6) is 0 Å². The van der Waals surface area contributed by atoms with E-state index in [4.69, 9.17) is 10.7 Å². The Hall–Kier alpha value is -3.78. The highest BCUT2D eigenvalue weighted by atomic mass is 16.2. The summed E-state index contributed by atoms with van der Waals surface area (Å²) in [6, 6.07) is 13.4. The van der Waals surface area contributed by atoms with Crippen LogP contribution in [0.15, 0.2) is 48.7 Å². The molecule has 1 aliphatic rings. The number of H-pyrrole nitrogens is 1. The van der Waals surface area contributed by atoms with Crippen LogP contribution in [0.2, 0.25) is 0 Å². The van der Waals surface area contributed by atoms with Gasteiger partial charge in [-0.3, -0.25) is 4.79 Å². The van der Waals surface area contributed by atoms with Gasteiger partial charge >= 0.3 is 0 Å². The lowest BCUT2D eigenvalue weighted by Gasteiger charge is -2.27. The SMILES string of the molecule is Cc1cccc2[nH]c(-c3nc(-c4ccc(C(=O)N5CCNCC5)cc4)cnc3N)nc12. The number of piperazine rings is 1. The van der Waals surface area contributed by atoms with Crippen molar-refractivity contribution in [3.05, 3.63) is 59.8 Å². The Kier molecular flexibility index (Phi) is 4.83. The van der Waals surface area contributed by atoms with E-state index in [1.165, 1.54) is 0 Å². The van der Waals surface area contributed by atoms with Crippen LogP contribution in [-0.4, -0.2) is 56.9 Å². The molecule has 1 saturated heterocycles. The zero-order valence-corrected chi connectivity index (χ0v) is 17.2. The number of amides is 1. The summed E-state index contributed by atoms with van der Waals surface area (Å²) >= 11 is 0. The number of nitrogen functional groups attached to an aromatic ring is 1. The van der Waals surface area contributed by atoms with Gasteiger partial charge in [-0.05, 0) is 30.7 Å². The average Bonchev–Trinajstić information content (AvgIpc) is 3.25. The Morgan fingerprint density at radius 1 is 1.06 bits per heavy atom. The first-order valence-corrected chi connectivity index (χ1v) is 10.3. The van der Waals surface area contributed by atoms with E-state index in [-0.39, 0.29) is 5.91 Å². The van der Waals surface area contributed by atoms with Gasteiger partial charge < -0.3 is 20.9 Å². The number of aryl methyl sites for hydroxylation is 1. The van der Waals surface area contributed by atoms with Crippen LogP contribution < -0.4 is 11.1 Å². The fourth-order valence-electron chi connectivity index (χ4n) is 3.83. The standard InChI is InChI=1S/C23H23N7O/c1-14-3-2-4-17-19(14)29-22(28-17)20-21(24)26-13-18(27-20)15-5-7-16(8-6-15)23(31)30-11-9-25-10-12-30/h2-8,13,25H,9-12H2,1H3,(H2,24,26)(H,28,29). The molecule has 0 aliphatic carbocycles. The third kappa shape index (κ3) is 3.62.